The van der Waals surface area contributed by atoms with E-state index < -0.39 is 92.9 Å². The van der Waals surface area contributed by atoms with Crippen LogP contribution in [0.25, 0.3) is 0 Å². The molecule has 0 bridgehead atoms. The smallest absolute Gasteiger partial charge is 0.453 e. The molecule has 1 aliphatic carbocycles. The van der Waals surface area contributed by atoms with E-state index in [1.807, 2.05) is 0 Å². The van der Waals surface area contributed by atoms with Crippen LogP contribution in [0.4, 0.5) is 0 Å². The molecule has 222 valence electrons. The minimum Gasteiger partial charge on any atom is -0.504 e. The van der Waals surface area contributed by atoms with Gasteiger partial charge >= 0.3 is 6.16 Å². The Kier molecular flexibility index (Phi) is 6.14. The van der Waals surface area contributed by atoms with Crippen LogP contribution in [0.5, 0.6) is 28.7 Å². The van der Waals surface area contributed by atoms with Crippen LogP contribution in [0.1, 0.15) is 5.56 Å². The summed E-state index contributed by atoms with van der Waals surface area (Å²) < 4.78 is 8.40. The number of rotatable bonds is 5. The Morgan fingerprint density at radius 1 is 0.667 bits per heavy atom. The fourth-order valence-corrected chi connectivity index (χ4v) is 3.88. The largest absolute Gasteiger partial charge is 0.504 e. The van der Waals surface area contributed by atoms with Gasteiger partial charge in [-0.1, -0.05) is 0 Å². The van der Waals surface area contributed by atoms with Crippen molar-refractivity contribution in [3.05, 3.63) is 5.56 Å². The van der Waals surface area contributed by atoms with Gasteiger partial charge < -0.3 is 106 Å². The zero-order valence-electron chi connectivity index (χ0n) is 18.3. The fourth-order valence-electron chi connectivity index (χ4n) is 3.88. The molecule has 0 spiro atoms. The molecule has 23 heteroatoms. The maximum absolute atomic E-state index is 11.8. The summed E-state index contributed by atoms with van der Waals surface area (Å²) in [7, 11) is 0. The molecule has 1 aromatic rings. The quantitative estimate of drug-likeness (QED) is 0.0874. The number of aromatic hydroxyl groups is 3. The van der Waals surface area contributed by atoms with E-state index in [0.717, 1.165) is 5.32 Å². The minimum atomic E-state index is -4.81. The number of ether oxygens (including phenoxy) is 2. The molecular formula is C16H21NO22. The molecule has 1 atom stereocenters. The average Bonchev–Trinajstić information content (AvgIpc) is 2.89. The third kappa shape index (κ3) is 3.54. The van der Waals surface area contributed by atoms with Crippen molar-refractivity contribution in [1.82, 2.24) is 5.32 Å². The van der Waals surface area contributed by atoms with E-state index >= 15 is 0 Å². The Morgan fingerprint density at radius 2 is 1.10 bits per heavy atom. The third-order valence-electron chi connectivity index (χ3n) is 6.03. The van der Waals surface area contributed by atoms with Crippen molar-refractivity contribution in [3.8, 4) is 28.7 Å². The van der Waals surface area contributed by atoms with E-state index in [0.29, 0.717) is 0 Å². The lowest BCUT2D eigenvalue weighted by Gasteiger charge is -2.38. The van der Waals surface area contributed by atoms with Crippen LogP contribution in [0.2, 0.25) is 0 Å². The van der Waals surface area contributed by atoms with Crippen LogP contribution in [0.3, 0.4) is 0 Å². The molecular weight excluding hydrogens is 558 g/mol. The number of amides is 1. The molecule has 0 aromatic heterocycles. The molecule has 39 heavy (non-hydrogen) atoms. The molecule has 2 aliphatic rings. The molecule has 0 radical (unpaired) electrons. The predicted molar refractivity (Wildman–Crippen MR) is 101 cm³/mol. The van der Waals surface area contributed by atoms with Crippen molar-refractivity contribution in [1.29, 1.82) is 0 Å². The molecule has 1 unspecified atom stereocenters. The van der Waals surface area contributed by atoms with Gasteiger partial charge in [-0.15, -0.1) is 0 Å². The van der Waals surface area contributed by atoms with Crippen LogP contribution in [0.15, 0.2) is 0 Å². The van der Waals surface area contributed by atoms with Crippen LogP contribution >= 0.6 is 0 Å². The van der Waals surface area contributed by atoms with Crippen LogP contribution < -0.4 is 14.8 Å². The second kappa shape index (κ2) is 7.83. The predicted octanol–water partition coefficient (Wildman–Crippen LogP) is -11.1. The van der Waals surface area contributed by atoms with E-state index in [1.165, 1.54) is 0 Å². The molecule has 23 nitrogen and oxygen atoms in total. The third-order valence-corrected chi connectivity index (χ3v) is 6.03. The number of hydrogen-bond donors (Lipinski definition) is 20. The van der Waals surface area contributed by atoms with Gasteiger partial charge in [-0.05, 0) is 0 Å². The van der Waals surface area contributed by atoms with E-state index in [1.54, 1.807) is 0 Å². The highest BCUT2D eigenvalue weighted by Gasteiger charge is 2.85. The van der Waals surface area contributed by atoms with Gasteiger partial charge in [-0.25, -0.2) is 0 Å². The SMILES string of the molecule is O=C1NC(O)(O)C(O)(c2c(O)c(O)c(OC(O)(O)O)c(OC3C(O)(O)C(O)(O)C(O)(O)C3(O)O)c2O)C1(O)O. The lowest BCUT2D eigenvalue weighted by Crippen LogP contribution is -2.66. The summed E-state index contributed by atoms with van der Waals surface area (Å²) in [6, 6.07) is 0. The van der Waals surface area contributed by atoms with Gasteiger partial charge in [0, 0.05) is 0 Å². The molecule has 1 saturated heterocycles. The summed E-state index contributed by atoms with van der Waals surface area (Å²) in [5.74, 6) is -41.1. The Morgan fingerprint density at radius 3 is 1.46 bits per heavy atom. The zero-order chi connectivity index (χ0) is 30.7. The van der Waals surface area contributed by atoms with Crippen molar-refractivity contribution in [3.63, 3.8) is 0 Å². The molecule has 20 N–H and O–H groups in total. The van der Waals surface area contributed by atoms with Gasteiger partial charge in [0.1, 0.15) is 0 Å². The molecule has 1 aliphatic heterocycles. The summed E-state index contributed by atoms with van der Waals surface area (Å²) >= 11 is 0. The van der Waals surface area contributed by atoms with Crippen molar-refractivity contribution in [2.24, 2.45) is 0 Å². The number of hydrogen-bond acceptors (Lipinski definition) is 22. The van der Waals surface area contributed by atoms with E-state index in [9.17, 15) is 86.5 Å². The van der Waals surface area contributed by atoms with Crippen LogP contribution in [-0.2, 0) is 10.4 Å². The summed E-state index contributed by atoms with van der Waals surface area (Å²) in [6.07, 6.45) is -8.24. The number of phenolic OH excluding ortho intramolecular Hbond substituents is 3. The molecule has 1 amide bonds. The van der Waals surface area contributed by atoms with Crippen LogP contribution in [0, 0.1) is 0 Å². The first-order valence-corrected chi connectivity index (χ1v) is 9.63. The number of phenols is 3. The van der Waals surface area contributed by atoms with Gasteiger partial charge in [0.25, 0.3) is 40.8 Å². The standard InChI is InChI=1S/C16H21NO22/c18-2-1(9(22)12(27,28)8(21)17-15(9,33)34)3(19)5(6(4(2)20)39-16(35,36)37)38-7-10(23,24)13(29,30)14(31,32)11(7,25)26/h7,18-20,22-37H,(H,17,21). The second-order valence-electron chi connectivity index (χ2n) is 8.56. The Hall–Kier alpha value is -2.95. The van der Waals surface area contributed by atoms with E-state index in [2.05, 4.69) is 9.47 Å². The topological polar surface area (TPSA) is 432 Å². The van der Waals surface area contributed by atoms with Crippen LogP contribution in [-0.4, -0.2) is 150 Å². The van der Waals surface area contributed by atoms with E-state index in [-0.39, 0.29) is 0 Å². The highest BCUT2D eigenvalue weighted by atomic mass is 16.9. The molecule has 2 fully saturated rings. The van der Waals surface area contributed by atoms with Gasteiger partial charge in [0.15, 0.2) is 11.5 Å². The Balaban J connectivity index is 2.44. The summed E-state index contributed by atoms with van der Waals surface area (Å²) in [6.45, 7) is 0. The van der Waals surface area contributed by atoms with Gasteiger partial charge in [0.2, 0.25) is 29.0 Å². The lowest BCUT2D eigenvalue weighted by atomic mass is 9.82. The number of aliphatic hydroxyl groups is 16. The Bertz CT molecular complexity index is 1190. The number of nitrogens with one attached hydrogen (secondary N) is 1. The number of benzene rings is 1. The number of carbonyl (C=O) groups excluding carboxylic acids is 1. The molecule has 3 rings (SSSR count). The van der Waals surface area contributed by atoms with Gasteiger partial charge in [-0.3, -0.25) is 10.1 Å². The maximum Gasteiger partial charge on any atom is 0.453 e. The summed E-state index contributed by atoms with van der Waals surface area (Å²) in [4.78, 5) is 11.8. The highest BCUT2D eigenvalue weighted by molar-refractivity contribution is 5.90. The van der Waals surface area contributed by atoms with Crippen molar-refractivity contribution in [2.45, 2.75) is 52.7 Å². The maximum atomic E-state index is 11.8. The van der Waals surface area contributed by atoms with Crippen molar-refractivity contribution in [2.75, 3.05) is 0 Å². The molecule has 1 saturated carbocycles. The average molecular weight is 579 g/mol. The van der Waals surface area contributed by atoms with E-state index in [4.69, 9.17) is 15.3 Å². The lowest BCUT2D eigenvalue weighted by molar-refractivity contribution is -0.452. The second-order valence-corrected chi connectivity index (χ2v) is 8.56. The van der Waals surface area contributed by atoms with Crippen molar-refractivity contribution < 1.29 is 111 Å². The normalized spacial score (nSPS) is 28.3. The minimum absolute atomic E-state index is 0.974. The summed E-state index contributed by atoms with van der Waals surface area (Å²) in [5.41, 5.74) is -6.76. The first kappa shape index (κ1) is 30.6. The molecule has 1 aromatic carbocycles. The first-order valence-electron chi connectivity index (χ1n) is 9.63. The highest BCUT2D eigenvalue weighted by Crippen LogP contribution is 2.61. The fraction of sp³-hybridized carbons (Fsp3) is 0.562. The van der Waals surface area contributed by atoms with Crippen molar-refractivity contribution >= 4 is 5.91 Å². The first-order chi connectivity index (χ1) is 17.1. The summed E-state index contributed by atoms with van der Waals surface area (Å²) in [5, 5.41) is 189. The molecule has 1 heterocycles. The van der Waals surface area contributed by atoms with Gasteiger partial charge in [0.05, 0.1) is 5.56 Å². The number of carbonyl (C=O) groups is 1. The Labute approximate surface area is 210 Å². The zero-order valence-corrected chi connectivity index (χ0v) is 18.3. The van der Waals surface area contributed by atoms with Gasteiger partial charge in [-0.2, -0.15) is 0 Å². The monoisotopic (exact) mass is 579 g/mol.